The van der Waals surface area contributed by atoms with Gasteiger partial charge in [0.1, 0.15) is 4.90 Å². The van der Waals surface area contributed by atoms with Crippen molar-refractivity contribution in [1.82, 2.24) is 4.31 Å². The van der Waals surface area contributed by atoms with Crippen LogP contribution in [0.4, 0.5) is 0 Å². The van der Waals surface area contributed by atoms with Crippen LogP contribution in [0.15, 0.2) is 33.1 Å². The predicted molar refractivity (Wildman–Crippen MR) is 76.0 cm³/mol. The van der Waals surface area contributed by atoms with Crippen LogP contribution in [0.3, 0.4) is 0 Å². The number of fused-ring (bicyclic) bond motifs is 1. The normalized spacial score (nSPS) is 19.4. The van der Waals surface area contributed by atoms with Crippen molar-refractivity contribution in [1.29, 1.82) is 0 Å². The number of hydrogen-bond donors (Lipinski definition) is 1. The zero-order valence-electron chi connectivity index (χ0n) is 10.5. The summed E-state index contributed by atoms with van der Waals surface area (Å²) in [6, 6.07) is 1.82. The van der Waals surface area contributed by atoms with Gasteiger partial charge in [-0.25, -0.2) is 8.42 Å². The summed E-state index contributed by atoms with van der Waals surface area (Å²) in [4.78, 5) is 11.9. The van der Waals surface area contributed by atoms with E-state index in [1.54, 1.807) is 5.38 Å². The molecule has 2 aromatic rings. The number of nitrogens with zero attached hydrogens (tertiary/aromatic N) is 1. The molecule has 2 aromatic heterocycles. The molecule has 112 valence electrons. The molecule has 0 fully saturated rings. The van der Waals surface area contributed by atoms with Crippen molar-refractivity contribution in [3.63, 3.8) is 0 Å². The third-order valence-corrected chi connectivity index (χ3v) is 6.63. The minimum atomic E-state index is -4.03. The molecule has 0 radical (unpaired) electrons. The number of hydrogen-bond acceptors (Lipinski definition) is 5. The lowest BCUT2D eigenvalue weighted by Gasteiger charge is -2.31. The van der Waals surface area contributed by atoms with Crippen molar-refractivity contribution < 1.29 is 22.7 Å². The number of thiophene rings is 1. The van der Waals surface area contributed by atoms with E-state index in [0.29, 0.717) is 11.3 Å². The second kappa shape index (κ2) is 5.13. The molecule has 1 unspecified atom stereocenters. The second-order valence-electron chi connectivity index (χ2n) is 4.48. The maximum atomic E-state index is 12.6. The zero-order chi connectivity index (χ0) is 15.2. The molecule has 0 saturated carbocycles. The van der Waals surface area contributed by atoms with E-state index in [2.05, 4.69) is 0 Å². The van der Waals surface area contributed by atoms with Crippen molar-refractivity contribution in [3.8, 4) is 0 Å². The highest BCUT2D eigenvalue weighted by atomic mass is 35.5. The molecule has 3 rings (SSSR count). The number of carbonyl (C=O) groups is 1. The number of halogens is 1. The number of sulfonamides is 1. The summed E-state index contributed by atoms with van der Waals surface area (Å²) >= 11 is 6.97. The molecule has 9 heteroatoms. The van der Waals surface area contributed by atoms with E-state index in [1.807, 2.05) is 6.07 Å². The number of carboxylic acid groups (broad SMARTS) is 1. The van der Waals surface area contributed by atoms with Crippen LogP contribution < -0.4 is 0 Å². The minimum Gasteiger partial charge on any atom is -0.480 e. The molecule has 1 atom stereocenters. The lowest BCUT2D eigenvalue weighted by molar-refractivity contribution is -0.141. The number of rotatable bonds is 3. The Kier molecular flexibility index (Phi) is 3.56. The van der Waals surface area contributed by atoms with Gasteiger partial charge in [0, 0.05) is 11.4 Å². The molecule has 0 bridgehead atoms. The molecule has 0 saturated heterocycles. The molecule has 21 heavy (non-hydrogen) atoms. The molecule has 0 aliphatic carbocycles. The Labute approximate surface area is 129 Å². The minimum absolute atomic E-state index is 0.0878. The molecule has 1 aliphatic rings. The fourth-order valence-electron chi connectivity index (χ4n) is 2.37. The number of carboxylic acids is 1. The van der Waals surface area contributed by atoms with Crippen molar-refractivity contribution in [2.75, 3.05) is 6.54 Å². The van der Waals surface area contributed by atoms with Gasteiger partial charge >= 0.3 is 5.97 Å². The van der Waals surface area contributed by atoms with Crippen molar-refractivity contribution >= 4 is 38.9 Å². The first kappa shape index (κ1) is 14.6. The third kappa shape index (κ3) is 2.28. The Balaban J connectivity index is 2.10. The predicted octanol–water partition coefficient (Wildman–Crippen LogP) is 2.37. The average molecular weight is 348 g/mol. The van der Waals surface area contributed by atoms with E-state index in [1.165, 1.54) is 17.4 Å². The summed E-state index contributed by atoms with van der Waals surface area (Å²) in [7, 11) is -4.03. The van der Waals surface area contributed by atoms with E-state index in [0.717, 1.165) is 16.1 Å². The topological polar surface area (TPSA) is 87.8 Å². The molecular formula is C12H10ClNO5S2. The Morgan fingerprint density at radius 1 is 1.48 bits per heavy atom. The summed E-state index contributed by atoms with van der Waals surface area (Å²) < 4.78 is 31.0. The molecule has 6 nitrogen and oxygen atoms in total. The fourth-order valence-corrected chi connectivity index (χ4v) is 5.44. The van der Waals surface area contributed by atoms with Crippen LogP contribution in [0.1, 0.15) is 16.5 Å². The van der Waals surface area contributed by atoms with Crippen molar-refractivity contribution in [3.05, 3.63) is 39.4 Å². The van der Waals surface area contributed by atoms with Crippen LogP contribution >= 0.6 is 22.9 Å². The molecule has 0 amide bonds. The van der Waals surface area contributed by atoms with Crippen LogP contribution in [0.5, 0.6) is 0 Å². The Morgan fingerprint density at radius 3 is 2.86 bits per heavy atom. The Hall–Kier alpha value is -1.35. The Bertz CT molecular complexity index is 794. The summed E-state index contributed by atoms with van der Waals surface area (Å²) in [6.07, 6.45) is 1.63. The van der Waals surface area contributed by atoms with Gasteiger partial charge in [0.15, 0.2) is 6.04 Å². The average Bonchev–Trinajstić information content (AvgIpc) is 3.05. The van der Waals surface area contributed by atoms with Gasteiger partial charge in [0.05, 0.1) is 6.26 Å². The molecular weight excluding hydrogens is 338 g/mol. The Morgan fingerprint density at radius 2 is 2.24 bits per heavy atom. The first-order chi connectivity index (χ1) is 9.93. The lowest BCUT2D eigenvalue weighted by Crippen LogP contribution is -2.42. The van der Waals surface area contributed by atoms with Gasteiger partial charge in [-0.3, -0.25) is 4.79 Å². The molecule has 0 aromatic carbocycles. The summed E-state index contributed by atoms with van der Waals surface area (Å²) in [5.74, 6) is -1.21. The van der Waals surface area contributed by atoms with E-state index in [-0.39, 0.29) is 16.7 Å². The monoisotopic (exact) mass is 347 g/mol. The molecule has 1 N–H and O–H groups in total. The van der Waals surface area contributed by atoms with Crippen LogP contribution in [0.25, 0.3) is 0 Å². The van der Waals surface area contributed by atoms with Crippen LogP contribution in [0, 0.1) is 0 Å². The highest BCUT2D eigenvalue weighted by Gasteiger charge is 2.42. The van der Waals surface area contributed by atoms with E-state index in [9.17, 15) is 18.3 Å². The summed E-state index contributed by atoms with van der Waals surface area (Å²) in [6.45, 7) is 0.0878. The highest BCUT2D eigenvalue weighted by Crippen LogP contribution is 2.38. The second-order valence-corrected chi connectivity index (χ2v) is 7.63. The standard InChI is InChI=1S/C12H10ClNO5S2/c13-11-8(2-5-19-11)21(17,18)14-4-1-7-3-6-20-10(7)9(14)12(15)16/h2-3,5-6,9H,1,4H2,(H,15,16). The van der Waals surface area contributed by atoms with Gasteiger partial charge in [-0.1, -0.05) is 0 Å². The van der Waals surface area contributed by atoms with E-state index in [4.69, 9.17) is 16.0 Å². The van der Waals surface area contributed by atoms with Crippen LogP contribution in [-0.4, -0.2) is 30.3 Å². The number of aliphatic carboxylic acids is 1. The maximum absolute atomic E-state index is 12.6. The first-order valence-electron chi connectivity index (χ1n) is 5.97. The third-order valence-electron chi connectivity index (χ3n) is 3.32. The van der Waals surface area contributed by atoms with Crippen molar-refractivity contribution in [2.24, 2.45) is 0 Å². The SMILES string of the molecule is O=C(O)C1c2sccc2CCN1S(=O)(=O)c1ccoc1Cl. The van der Waals surface area contributed by atoms with E-state index >= 15 is 0 Å². The van der Waals surface area contributed by atoms with Gasteiger partial charge in [-0.15, -0.1) is 11.3 Å². The maximum Gasteiger partial charge on any atom is 0.327 e. The molecule has 0 spiro atoms. The quantitative estimate of drug-likeness (QED) is 0.920. The number of furan rings is 1. The molecule has 1 aliphatic heterocycles. The van der Waals surface area contributed by atoms with Gasteiger partial charge < -0.3 is 9.52 Å². The smallest absolute Gasteiger partial charge is 0.327 e. The van der Waals surface area contributed by atoms with Crippen molar-refractivity contribution in [2.45, 2.75) is 17.4 Å². The zero-order valence-corrected chi connectivity index (χ0v) is 12.9. The molecule has 3 heterocycles. The van der Waals surface area contributed by atoms with Gasteiger partial charge in [-0.2, -0.15) is 4.31 Å². The van der Waals surface area contributed by atoms with Crippen LogP contribution in [0.2, 0.25) is 5.22 Å². The lowest BCUT2D eigenvalue weighted by atomic mass is 10.0. The van der Waals surface area contributed by atoms with Gasteiger partial charge in [0.25, 0.3) is 0 Å². The van der Waals surface area contributed by atoms with Gasteiger partial charge in [0.2, 0.25) is 15.2 Å². The highest BCUT2D eigenvalue weighted by molar-refractivity contribution is 7.89. The first-order valence-corrected chi connectivity index (χ1v) is 8.66. The fraction of sp³-hybridized carbons (Fsp3) is 0.250. The van der Waals surface area contributed by atoms with Crippen LogP contribution in [-0.2, 0) is 21.2 Å². The summed E-state index contributed by atoms with van der Waals surface area (Å²) in [5, 5.41) is 10.9. The largest absolute Gasteiger partial charge is 0.480 e. The summed E-state index contributed by atoms with van der Waals surface area (Å²) in [5.41, 5.74) is 0.872. The van der Waals surface area contributed by atoms with Gasteiger partial charge in [-0.05, 0) is 41.1 Å². The van der Waals surface area contributed by atoms with E-state index < -0.39 is 22.0 Å².